The predicted octanol–water partition coefficient (Wildman–Crippen LogP) is 4.51. The van der Waals surface area contributed by atoms with Gasteiger partial charge in [0.2, 0.25) is 0 Å². The van der Waals surface area contributed by atoms with Crippen LogP contribution in [0, 0.1) is 10.1 Å². The molecule has 0 radical (unpaired) electrons. The highest BCUT2D eigenvalue weighted by Crippen LogP contribution is 2.30. The number of ether oxygens (including phenoxy) is 4. The smallest absolute Gasteiger partial charge is 0.343 e. The Balaban J connectivity index is 1.52. The molecule has 0 aliphatic rings. The quantitative estimate of drug-likeness (QED) is 0.104. The summed E-state index contributed by atoms with van der Waals surface area (Å²) < 4.78 is 21.4. The topological polar surface area (TPSA) is 139 Å². The summed E-state index contributed by atoms with van der Waals surface area (Å²) in [5.41, 5.74) is 2.75. The van der Waals surface area contributed by atoms with Crippen LogP contribution in [0.3, 0.4) is 0 Å². The van der Waals surface area contributed by atoms with Crippen LogP contribution in [-0.2, 0) is 4.79 Å². The minimum absolute atomic E-state index is 0.0416. The van der Waals surface area contributed by atoms with Crippen molar-refractivity contribution in [3.05, 3.63) is 100 Å². The second-order valence-corrected chi connectivity index (χ2v) is 7.96. The number of esters is 1. The van der Waals surface area contributed by atoms with Gasteiger partial charge in [-0.2, -0.15) is 5.10 Å². The highest BCUT2D eigenvalue weighted by Gasteiger charge is 2.17. The van der Waals surface area contributed by atoms with Gasteiger partial charge in [0.25, 0.3) is 5.91 Å². The molecule has 0 aliphatic carbocycles. The summed E-state index contributed by atoms with van der Waals surface area (Å²) in [5.74, 6) is -0.272. The summed E-state index contributed by atoms with van der Waals surface area (Å²) in [7, 11) is 2.96. The molecule has 0 heterocycles. The van der Waals surface area contributed by atoms with Gasteiger partial charge in [-0.05, 0) is 41.1 Å². The molecule has 1 amide bonds. The first kappa shape index (κ1) is 26.6. The van der Waals surface area contributed by atoms with Crippen molar-refractivity contribution in [2.45, 2.75) is 0 Å². The fourth-order valence-corrected chi connectivity index (χ4v) is 3.69. The van der Waals surface area contributed by atoms with Crippen LogP contribution in [0.15, 0.2) is 84.0 Å². The van der Waals surface area contributed by atoms with Crippen LogP contribution in [0.25, 0.3) is 10.8 Å². The number of benzene rings is 4. The highest BCUT2D eigenvalue weighted by molar-refractivity contribution is 6.04. The first-order valence-electron chi connectivity index (χ1n) is 11.6. The molecule has 0 fully saturated rings. The molecule has 0 bridgehead atoms. The zero-order chi connectivity index (χ0) is 27.8. The zero-order valence-corrected chi connectivity index (χ0v) is 21.0. The van der Waals surface area contributed by atoms with Gasteiger partial charge in [0.1, 0.15) is 5.75 Å². The number of hydrogen-bond donors (Lipinski definition) is 1. The standard InChI is InChI=1S/C28H23N3O8/c1-36-25-14-12-19(15-26(25)37-2)28(33)39-23-13-11-18-7-3-4-8-20(18)21(23)16-29-30-27(32)17-38-24-10-6-5-9-22(24)31(34)35/h3-16H,17H2,1-2H3,(H,30,32)/b29-16-. The van der Waals surface area contributed by atoms with E-state index < -0.39 is 23.4 Å². The molecule has 0 aromatic heterocycles. The van der Waals surface area contributed by atoms with Crippen molar-refractivity contribution in [2.24, 2.45) is 5.10 Å². The van der Waals surface area contributed by atoms with Gasteiger partial charge >= 0.3 is 11.7 Å². The lowest BCUT2D eigenvalue weighted by molar-refractivity contribution is -0.385. The summed E-state index contributed by atoms with van der Waals surface area (Å²) in [6.45, 7) is -0.501. The first-order chi connectivity index (χ1) is 18.9. The molecule has 0 spiro atoms. The highest BCUT2D eigenvalue weighted by atomic mass is 16.6. The fourth-order valence-electron chi connectivity index (χ4n) is 3.69. The molecular formula is C28H23N3O8. The number of nitro benzene ring substituents is 1. The Kier molecular flexibility index (Phi) is 8.32. The van der Waals surface area contributed by atoms with Crippen LogP contribution < -0.4 is 24.4 Å². The van der Waals surface area contributed by atoms with Crippen LogP contribution in [-0.4, -0.2) is 43.8 Å². The molecule has 4 rings (SSSR count). The van der Waals surface area contributed by atoms with Crippen molar-refractivity contribution in [2.75, 3.05) is 20.8 Å². The molecule has 0 atom stereocenters. The molecule has 11 nitrogen and oxygen atoms in total. The SMILES string of the molecule is COc1ccc(C(=O)Oc2ccc3ccccc3c2/C=N\NC(=O)COc2ccccc2[N+](=O)[O-])cc1OC. The zero-order valence-electron chi connectivity index (χ0n) is 21.0. The van der Waals surface area contributed by atoms with Crippen molar-refractivity contribution < 1.29 is 33.5 Å². The number of nitro groups is 1. The van der Waals surface area contributed by atoms with E-state index >= 15 is 0 Å². The molecule has 4 aromatic rings. The van der Waals surface area contributed by atoms with E-state index in [1.807, 2.05) is 24.3 Å². The average molecular weight is 530 g/mol. The number of nitrogens with one attached hydrogen (secondary N) is 1. The van der Waals surface area contributed by atoms with Gasteiger partial charge in [-0.25, -0.2) is 10.2 Å². The number of rotatable bonds is 10. The van der Waals surface area contributed by atoms with Crippen LogP contribution >= 0.6 is 0 Å². The Labute approximate surface area is 222 Å². The van der Waals surface area contributed by atoms with E-state index in [0.717, 1.165) is 10.8 Å². The van der Waals surface area contributed by atoms with E-state index in [0.29, 0.717) is 17.1 Å². The number of hydrogen-bond acceptors (Lipinski definition) is 9. The molecule has 0 unspecified atom stereocenters. The largest absolute Gasteiger partial charge is 0.493 e. The second-order valence-electron chi connectivity index (χ2n) is 7.96. The van der Waals surface area contributed by atoms with Crippen molar-refractivity contribution in [3.8, 4) is 23.0 Å². The van der Waals surface area contributed by atoms with E-state index in [1.54, 1.807) is 30.3 Å². The van der Waals surface area contributed by atoms with E-state index in [2.05, 4.69) is 10.5 Å². The van der Waals surface area contributed by atoms with Gasteiger partial charge < -0.3 is 18.9 Å². The van der Waals surface area contributed by atoms with Gasteiger partial charge in [0, 0.05) is 11.6 Å². The number of para-hydroxylation sites is 2. The van der Waals surface area contributed by atoms with E-state index in [1.165, 1.54) is 44.7 Å². The van der Waals surface area contributed by atoms with Crippen molar-refractivity contribution in [1.82, 2.24) is 5.43 Å². The molecule has 0 aliphatic heterocycles. The number of amides is 1. The van der Waals surface area contributed by atoms with Gasteiger partial charge in [-0.15, -0.1) is 0 Å². The maximum absolute atomic E-state index is 13.0. The summed E-state index contributed by atoms with van der Waals surface area (Å²) in [5, 5.41) is 16.7. The molecule has 4 aromatic carbocycles. The molecule has 0 saturated carbocycles. The Morgan fingerprint density at radius 2 is 1.62 bits per heavy atom. The predicted molar refractivity (Wildman–Crippen MR) is 143 cm³/mol. The Morgan fingerprint density at radius 1 is 0.897 bits per heavy atom. The number of methoxy groups -OCH3 is 2. The maximum atomic E-state index is 13.0. The van der Waals surface area contributed by atoms with E-state index in [4.69, 9.17) is 18.9 Å². The molecule has 198 valence electrons. The maximum Gasteiger partial charge on any atom is 0.343 e. The summed E-state index contributed by atoms with van der Waals surface area (Å²) >= 11 is 0. The minimum Gasteiger partial charge on any atom is -0.493 e. The number of carbonyl (C=O) groups is 2. The van der Waals surface area contributed by atoms with E-state index in [9.17, 15) is 19.7 Å². The van der Waals surface area contributed by atoms with Gasteiger partial charge in [-0.1, -0.05) is 42.5 Å². The second kappa shape index (κ2) is 12.2. The lowest BCUT2D eigenvalue weighted by atomic mass is 10.0. The normalized spacial score (nSPS) is 10.7. The van der Waals surface area contributed by atoms with Crippen LogP contribution in [0.1, 0.15) is 15.9 Å². The number of carbonyl (C=O) groups excluding carboxylic acids is 2. The van der Waals surface area contributed by atoms with Crippen molar-refractivity contribution >= 4 is 34.6 Å². The van der Waals surface area contributed by atoms with E-state index in [-0.39, 0.29) is 22.7 Å². The molecule has 1 N–H and O–H groups in total. The third-order valence-electron chi connectivity index (χ3n) is 5.56. The Morgan fingerprint density at radius 3 is 2.38 bits per heavy atom. The number of hydrazone groups is 1. The molecule has 39 heavy (non-hydrogen) atoms. The average Bonchev–Trinajstić information content (AvgIpc) is 2.96. The number of fused-ring (bicyclic) bond motifs is 1. The molecule has 11 heteroatoms. The van der Waals surface area contributed by atoms with Crippen molar-refractivity contribution in [3.63, 3.8) is 0 Å². The lowest BCUT2D eigenvalue weighted by Crippen LogP contribution is -2.24. The van der Waals surface area contributed by atoms with Crippen LogP contribution in [0.5, 0.6) is 23.0 Å². The van der Waals surface area contributed by atoms with Crippen LogP contribution in [0.4, 0.5) is 5.69 Å². The monoisotopic (exact) mass is 529 g/mol. The Bertz CT molecular complexity index is 1570. The first-order valence-corrected chi connectivity index (χ1v) is 11.6. The van der Waals surface area contributed by atoms with Gasteiger partial charge in [0.15, 0.2) is 23.9 Å². The Hall–Kier alpha value is -5.45. The summed E-state index contributed by atoms with van der Waals surface area (Å²) in [6, 6.07) is 21.2. The molecular weight excluding hydrogens is 506 g/mol. The summed E-state index contributed by atoms with van der Waals surface area (Å²) in [6.07, 6.45) is 1.35. The third kappa shape index (κ3) is 6.28. The third-order valence-corrected chi connectivity index (χ3v) is 5.56. The number of nitrogens with zero attached hydrogens (tertiary/aromatic N) is 2. The summed E-state index contributed by atoms with van der Waals surface area (Å²) in [4.78, 5) is 35.8. The van der Waals surface area contributed by atoms with Gasteiger partial charge in [-0.3, -0.25) is 14.9 Å². The minimum atomic E-state index is -0.645. The van der Waals surface area contributed by atoms with Crippen molar-refractivity contribution in [1.29, 1.82) is 0 Å². The fraction of sp³-hybridized carbons (Fsp3) is 0.107. The van der Waals surface area contributed by atoms with Gasteiger partial charge in [0.05, 0.1) is 30.9 Å². The van der Waals surface area contributed by atoms with Crippen LogP contribution in [0.2, 0.25) is 0 Å². The molecule has 0 saturated heterocycles. The lowest BCUT2D eigenvalue weighted by Gasteiger charge is -2.12.